The number of benzene rings is 1. The van der Waals surface area contributed by atoms with Gasteiger partial charge in [-0.2, -0.15) is 0 Å². The lowest BCUT2D eigenvalue weighted by atomic mass is 10.1. The van der Waals surface area contributed by atoms with Crippen LogP contribution in [0.5, 0.6) is 0 Å². The van der Waals surface area contributed by atoms with E-state index in [4.69, 9.17) is 0 Å². The molecule has 0 unspecified atom stereocenters. The predicted octanol–water partition coefficient (Wildman–Crippen LogP) is 2.67. The summed E-state index contributed by atoms with van der Waals surface area (Å²) in [7, 11) is 0. The molecule has 0 amide bonds. The Morgan fingerprint density at radius 1 is 1.05 bits per heavy atom. The average molecular weight is 319 g/mol. The summed E-state index contributed by atoms with van der Waals surface area (Å²) in [5, 5.41) is 6.78. The van der Waals surface area contributed by atoms with Gasteiger partial charge >= 0.3 is 0 Å². The quantitative estimate of drug-likeness (QED) is 0.893. The van der Waals surface area contributed by atoms with E-state index < -0.39 is 0 Å². The Morgan fingerprint density at radius 2 is 1.84 bits per heavy atom. The minimum Gasteiger partial charge on any atom is -0.340 e. The predicted molar refractivity (Wildman–Crippen MR) is 79.7 cm³/mol. The van der Waals surface area contributed by atoms with Crippen molar-refractivity contribution in [2.24, 2.45) is 0 Å². The SMILES string of the molecule is Brc1ccc(Nc2ncnc3c2CCNCC3)cc1. The Bertz CT molecular complexity index is 568. The van der Waals surface area contributed by atoms with Gasteiger partial charge in [0, 0.05) is 28.7 Å². The van der Waals surface area contributed by atoms with Gasteiger partial charge in [-0.05, 0) is 37.2 Å². The van der Waals surface area contributed by atoms with E-state index in [1.165, 1.54) is 5.56 Å². The lowest BCUT2D eigenvalue weighted by Crippen LogP contribution is -2.16. The molecule has 2 aromatic rings. The van der Waals surface area contributed by atoms with Crippen molar-refractivity contribution in [2.45, 2.75) is 12.8 Å². The molecule has 0 spiro atoms. The van der Waals surface area contributed by atoms with Crippen LogP contribution >= 0.6 is 15.9 Å². The molecule has 2 heterocycles. The van der Waals surface area contributed by atoms with Crippen molar-refractivity contribution in [3.05, 3.63) is 46.3 Å². The molecule has 0 saturated carbocycles. The first-order chi connectivity index (χ1) is 9.33. The van der Waals surface area contributed by atoms with E-state index in [9.17, 15) is 0 Å². The zero-order valence-corrected chi connectivity index (χ0v) is 12.1. The Morgan fingerprint density at radius 3 is 2.68 bits per heavy atom. The first-order valence-electron chi connectivity index (χ1n) is 6.39. The zero-order valence-electron chi connectivity index (χ0n) is 10.5. The fraction of sp³-hybridized carbons (Fsp3) is 0.286. The van der Waals surface area contributed by atoms with Crippen LogP contribution in [0.3, 0.4) is 0 Å². The highest BCUT2D eigenvalue weighted by Gasteiger charge is 2.13. The van der Waals surface area contributed by atoms with Gasteiger partial charge in [-0.25, -0.2) is 9.97 Å². The summed E-state index contributed by atoms with van der Waals surface area (Å²) >= 11 is 3.44. The molecule has 0 atom stereocenters. The maximum atomic E-state index is 4.40. The third-order valence-corrected chi connectivity index (χ3v) is 3.76. The molecule has 1 aliphatic heterocycles. The summed E-state index contributed by atoms with van der Waals surface area (Å²) in [6.07, 6.45) is 3.58. The summed E-state index contributed by atoms with van der Waals surface area (Å²) in [4.78, 5) is 8.79. The van der Waals surface area contributed by atoms with E-state index in [0.29, 0.717) is 0 Å². The zero-order chi connectivity index (χ0) is 13.1. The van der Waals surface area contributed by atoms with Crippen LogP contribution in [0, 0.1) is 0 Å². The van der Waals surface area contributed by atoms with Gasteiger partial charge in [0.1, 0.15) is 12.1 Å². The molecule has 5 heteroatoms. The molecule has 98 valence electrons. The lowest BCUT2D eigenvalue weighted by molar-refractivity contribution is 0.708. The molecule has 0 aliphatic carbocycles. The van der Waals surface area contributed by atoms with Crippen LogP contribution in [0.2, 0.25) is 0 Å². The van der Waals surface area contributed by atoms with Crippen molar-refractivity contribution in [1.29, 1.82) is 0 Å². The van der Waals surface area contributed by atoms with Crippen molar-refractivity contribution < 1.29 is 0 Å². The fourth-order valence-corrected chi connectivity index (χ4v) is 2.51. The van der Waals surface area contributed by atoms with E-state index in [1.54, 1.807) is 6.33 Å². The van der Waals surface area contributed by atoms with Crippen LogP contribution in [-0.2, 0) is 12.8 Å². The third-order valence-electron chi connectivity index (χ3n) is 3.23. The molecule has 2 N–H and O–H groups in total. The first kappa shape index (κ1) is 12.6. The van der Waals surface area contributed by atoms with E-state index in [1.807, 2.05) is 24.3 Å². The van der Waals surface area contributed by atoms with E-state index in [2.05, 4.69) is 36.5 Å². The molecule has 0 saturated heterocycles. The van der Waals surface area contributed by atoms with Crippen LogP contribution in [0.4, 0.5) is 11.5 Å². The number of aromatic nitrogens is 2. The Hall–Kier alpha value is -1.46. The summed E-state index contributed by atoms with van der Waals surface area (Å²) < 4.78 is 1.07. The van der Waals surface area contributed by atoms with Crippen molar-refractivity contribution in [1.82, 2.24) is 15.3 Å². The first-order valence-corrected chi connectivity index (χ1v) is 7.18. The third kappa shape index (κ3) is 2.93. The van der Waals surface area contributed by atoms with E-state index >= 15 is 0 Å². The largest absolute Gasteiger partial charge is 0.340 e. The molecule has 19 heavy (non-hydrogen) atoms. The maximum absolute atomic E-state index is 4.40. The maximum Gasteiger partial charge on any atom is 0.137 e. The minimum atomic E-state index is 0.927. The highest BCUT2D eigenvalue weighted by molar-refractivity contribution is 9.10. The highest BCUT2D eigenvalue weighted by Crippen LogP contribution is 2.23. The van der Waals surface area contributed by atoms with E-state index in [-0.39, 0.29) is 0 Å². The molecule has 1 aromatic heterocycles. The number of hydrogen-bond acceptors (Lipinski definition) is 4. The van der Waals surface area contributed by atoms with Gasteiger partial charge in [0.05, 0.1) is 5.69 Å². The molecular weight excluding hydrogens is 304 g/mol. The number of anilines is 2. The Balaban J connectivity index is 1.90. The number of nitrogens with zero attached hydrogens (tertiary/aromatic N) is 2. The minimum absolute atomic E-state index is 0.927. The molecule has 0 bridgehead atoms. The second kappa shape index (κ2) is 5.67. The number of fused-ring (bicyclic) bond motifs is 1. The monoisotopic (exact) mass is 318 g/mol. The summed E-state index contributed by atoms with van der Waals surface area (Å²) in [6.45, 7) is 1.97. The lowest BCUT2D eigenvalue weighted by Gasteiger charge is -2.12. The van der Waals surface area contributed by atoms with Crippen LogP contribution in [-0.4, -0.2) is 23.1 Å². The highest BCUT2D eigenvalue weighted by atomic mass is 79.9. The van der Waals surface area contributed by atoms with Crippen LogP contribution < -0.4 is 10.6 Å². The molecule has 3 rings (SSSR count). The van der Waals surface area contributed by atoms with Gasteiger partial charge in [-0.15, -0.1) is 0 Å². The smallest absolute Gasteiger partial charge is 0.137 e. The normalized spacial score (nSPS) is 14.6. The molecule has 1 aliphatic rings. The van der Waals surface area contributed by atoms with Gasteiger partial charge in [0.25, 0.3) is 0 Å². The molecule has 0 radical (unpaired) electrons. The van der Waals surface area contributed by atoms with Crippen molar-refractivity contribution >= 4 is 27.4 Å². The fourth-order valence-electron chi connectivity index (χ4n) is 2.25. The van der Waals surface area contributed by atoms with Crippen molar-refractivity contribution in [2.75, 3.05) is 18.4 Å². The summed E-state index contributed by atoms with van der Waals surface area (Å²) in [6, 6.07) is 8.11. The number of halogens is 1. The second-order valence-electron chi connectivity index (χ2n) is 4.53. The van der Waals surface area contributed by atoms with Gasteiger partial charge in [0.15, 0.2) is 0 Å². The topological polar surface area (TPSA) is 49.8 Å². The van der Waals surface area contributed by atoms with Gasteiger partial charge in [0.2, 0.25) is 0 Å². The molecule has 1 aromatic carbocycles. The van der Waals surface area contributed by atoms with Gasteiger partial charge < -0.3 is 10.6 Å². The van der Waals surface area contributed by atoms with Crippen LogP contribution in [0.25, 0.3) is 0 Å². The van der Waals surface area contributed by atoms with Gasteiger partial charge in [-0.1, -0.05) is 15.9 Å². The number of rotatable bonds is 2. The van der Waals surface area contributed by atoms with Crippen molar-refractivity contribution in [3.63, 3.8) is 0 Å². The number of nitrogens with one attached hydrogen (secondary N) is 2. The second-order valence-corrected chi connectivity index (χ2v) is 5.45. The summed E-state index contributed by atoms with van der Waals surface area (Å²) in [5.74, 6) is 0.927. The van der Waals surface area contributed by atoms with Crippen LogP contribution in [0.1, 0.15) is 11.3 Å². The van der Waals surface area contributed by atoms with Crippen molar-refractivity contribution in [3.8, 4) is 0 Å². The van der Waals surface area contributed by atoms with Gasteiger partial charge in [-0.3, -0.25) is 0 Å². The standard InChI is InChI=1S/C14H15BrN4/c15-10-1-3-11(4-2-10)19-14-12-5-7-16-8-6-13(12)17-9-18-14/h1-4,9,16H,5-8H2,(H,17,18,19). The Kier molecular flexibility index (Phi) is 3.75. The average Bonchev–Trinajstić information content (AvgIpc) is 2.67. The van der Waals surface area contributed by atoms with E-state index in [0.717, 1.165) is 47.6 Å². The summed E-state index contributed by atoms with van der Waals surface area (Å²) in [5.41, 5.74) is 3.43. The number of hydrogen-bond donors (Lipinski definition) is 2. The molecular formula is C14H15BrN4. The molecule has 0 fully saturated rings. The van der Waals surface area contributed by atoms with Crippen LogP contribution in [0.15, 0.2) is 35.1 Å². The molecule has 4 nitrogen and oxygen atoms in total. The Labute approximate surface area is 120 Å².